The Morgan fingerprint density at radius 3 is 2.41 bits per heavy atom. The maximum absolute atomic E-state index is 12.5. The van der Waals surface area contributed by atoms with E-state index in [0.29, 0.717) is 17.3 Å². The zero-order chi connectivity index (χ0) is 20.1. The fourth-order valence-electron chi connectivity index (χ4n) is 2.80. The first-order valence-corrected chi connectivity index (χ1v) is 8.75. The predicted octanol–water partition coefficient (Wildman–Crippen LogP) is 3.35. The van der Waals surface area contributed by atoms with Crippen molar-refractivity contribution in [2.45, 2.75) is 6.04 Å². The molecule has 8 heteroatoms. The van der Waals surface area contributed by atoms with E-state index in [-0.39, 0.29) is 23.2 Å². The molecule has 0 aromatic heterocycles. The van der Waals surface area contributed by atoms with Crippen LogP contribution >= 0.6 is 11.6 Å². The molecule has 2 rings (SSSR count). The molecule has 1 atom stereocenters. The van der Waals surface area contributed by atoms with Crippen LogP contribution in [0.5, 0.6) is 0 Å². The lowest BCUT2D eigenvalue weighted by molar-refractivity contribution is -0.384. The summed E-state index contributed by atoms with van der Waals surface area (Å²) in [6.45, 7) is 0.318. The second kappa shape index (κ2) is 8.83. The molecule has 0 radical (unpaired) electrons. The number of hydrogen-bond acceptors (Lipinski definition) is 5. The monoisotopic (exact) mass is 390 g/mol. The number of nitrogens with zero attached hydrogens (tertiary/aromatic N) is 3. The van der Waals surface area contributed by atoms with Crippen molar-refractivity contribution in [2.24, 2.45) is 0 Å². The van der Waals surface area contributed by atoms with Gasteiger partial charge in [0, 0.05) is 37.3 Å². The van der Waals surface area contributed by atoms with Crippen molar-refractivity contribution >= 4 is 28.9 Å². The third-order valence-electron chi connectivity index (χ3n) is 4.26. The average molecular weight is 391 g/mol. The smallest absolute Gasteiger partial charge is 0.293 e. The maximum atomic E-state index is 12.5. The Balaban J connectivity index is 2.20. The van der Waals surface area contributed by atoms with E-state index in [1.54, 1.807) is 37.2 Å². The standard InChI is InChI=1S/C19H23ClN4O3/c1-22(2)16-10-9-13(11-17(16)24(26)27)19(25)21-12-18(23(3)4)14-7-5-6-8-15(14)20/h5-11,18H,12H2,1-4H3,(H,21,25). The van der Waals surface area contributed by atoms with Crippen molar-refractivity contribution in [1.29, 1.82) is 0 Å². The topological polar surface area (TPSA) is 78.7 Å². The minimum atomic E-state index is -0.488. The number of carbonyl (C=O) groups excluding carboxylic acids is 1. The van der Waals surface area contributed by atoms with E-state index in [1.165, 1.54) is 6.07 Å². The zero-order valence-corrected chi connectivity index (χ0v) is 16.5. The zero-order valence-electron chi connectivity index (χ0n) is 15.8. The number of amides is 1. The lowest BCUT2D eigenvalue weighted by Gasteiger charge is -2.26. The van der Waals surface area contributed by atoms with Gasteiger partial charge in [-0.2, -0.15) is 0 Å². The van der Waals surface area contributed by atoms with Crippen LogP contribution in [0.15, 0.2) is 42.5 Å². The molecule has 0 aliphatic carbocycles. The Morgan fingerprint density at radius 1 is 1.19 bits per heavy atom. The van der Waals surface area contributed by atoms with Crippen LogP contribution in [0.3, 0.4) is 0 Å². The normalized spacial score (nSPS) is 11.9. The van der Waals surface area contributed by atoms with Gasteiger partial charge in [0.1, 0.15) is 5.69 Å². The summed E-state index contributed by atoms with van der Waals surface area (Å²) in [5.41, 5.74) is 1.48. The maximum Gasteiger partial charge on any atom is 0.293 e. The van der Waals surface area contributed by atoms with Crippen LogP contribution in [0.25, 0.3) is 0 Å². The highest BCUT2D eigenvalue weighted by atomic mass is 35.5. The van der Waals surface area contributed by atoms with Crippen molar-refractivity contribution in [2.75, 3.05) is 39.6 Å². The molecule has 2 aromatic rings. The van der Waals surface area contributed by atoms with E-state index in [9.17, 15) is 14.9 Å². The van der Waals surface area contributed by atoms with E-state index >= 15 is 0 Å². The lowest BCUT2D eigenvalue weighted by atomic mass is 10.1. The summed E-state index contributed by atoms with van der Waals surface area (Å²) in [5.74, 6) is -0.373. The van der Waals surface area contributed by atoms with Crippen LogP contribution in [0.4, 0.5) is 11.4 Å². The van der Waals surface area contributed by atoms with E-state index in [4.69, 9.17) is 11.6 Å². The summed E-state index contributed by atoms with van der Waals surface area (Å²) >= 11 is 6.28. The Morgan fingerprint density at radius 2 is 1.85 bits per heavy atom. The van der Waals surface area contributed by atoms with Gasteiger partial charge in [-0.05, 0) is 37.9 Å². The molecule has 144 valence electrons. The first kappa shape index (κ1) is 20.7. The van der Waals surface area contributed by atoms with Crippen molar-refractivity contribution in [3.05, 3.63) is 68.7 Å². The minimum absolute atomic E-state index is 0.108. The van der Waals surface area contributed by atoms with Crippen LogP contribution in [0, 0.1) is 10.1 Å². The highest BCUT2D eigenvalue weighted by Gasteiger charge is 2.21. The van der Waals surface area contributed by atoms with Crippen molar-refractivity contribution in [3.63, 3.8) is 0 Å². The SMILES string of the molecule is CN(C)c1ccc(C(=O)NCC(c2ccccc2Cl)N(C)C)cc1[N+](=O)[O-]. The minimum Gasteiger partial charge on any atom is -0.372 e. The fourth-order valence-corrected chi connectivity index (χ4v) is 3.06. The highest BCUT2D eigenvalue weighted by Crippen LogP contribution is 2.28. The Hall–Kier alpha value is -2.64. The molecule has 0 saturated carbocycles. The lowest BCUT2D eigenvalue weighted by Crippen LogP contribution is -2.34. The number of nitrogens with one attached hydrogen (secondary N) is 1. The van der Waals surface area contributed by atoms with Gasteiger partial charge < -0.3 is 15.1 Å². The third kappa shape index (κ3) is 4.96. The number of halogens is 1. The molecule has 0 saturated heterocycles. The van der Waals surface area contributed by atoms with Crippen molar-refractivity contribution in [3.8, 4) is 0 Å². The fraction of sp³-hybridized carbons (Fsp3) is 0.316. The number of likely N-dealkylation sites (N-methyl/N-ethyl adjacent to an activating group) is 1. The molecule has 0 aliphatic heterocycles. The van der Waals surface area contributed by atoms with Crippen LogP contribution in [0.2, 0.25) is 5.02 Å². The molecule has 27 heavy (non-hydrogen) atoms. The van der Waals surface area contributed by atoms with Gasteiger partial charge in [0.05, 0.1) is 11.0 Å². The van der Waals surface area contributed by atoms with Gasteiger partial charge in [-0.15, -0.1) is 0 Å². The summed E-state index contributed by atoms with van der Waals surface area (Å²) < 4.78 is 0. The molecule has 0 bridgehead atoms. The molecule has 1 amide bonds. The molecule has 0 aliphatic rings. The summed E-state index contributed by atoms with van der Waals surface area (Å²) in [6, 6.07) is 11.8. The van der Waals surface area contributed by atoms with Gasteiger partial charge in [0.2, 0.25) is 0 Å². The average Bonchev–Trinajstić information content (AvgIpc) is 2.62. The molecule has 1 unspecified atom stereocenters. The number of hydrogen-bond donors (Lipinski definition) is 1. The largest absolute Gasteiger partial charge is 0.372 e. The van der Waals surface area contributed by atoms with Crippen LogP contribution in [0.1, 0.15) is 22.0 Å². The quantitative estimate of drug-likeness (QED) is 0.579. The number of nitro groups is 1. The van der Waals surface area contributed by atoms with Gasteiger partial charge >= 0.3 is 0 Å². The van der Waals surface area contributed by atoms with Gasteiger partial charge in [0.25, 0.3) is 11.6 Å². The van der Waals surface area contributed by atoms with Gasteiger partial charge in [0.15, 0.2) is 0 Å². The molecule has 7 nitrogen and oxygen atoms in total. The Kier molecular flexibility index (Phi) is 6.76. The first-order valence-electron chi connectivity index (χ1n) is 8.37. The van der Waals surface area contributed by atoms with E-state index < -0.39 is 4.92 Å². The van der Waals surface area contributed by atoms with Gasteiger partial charge in [-0.3, -0.25) is 14.9 Å². The molecule has 0 heterocycles. The number of carbonyl (C=O) groups is 1. The molecule has 2 aromatic carbocycles. The Bertz CT molecular complexity index is 839. The van der Waals surface area contributed by atoms with E-state index in [1.807, 2.05) is 37.2 Å². The summed E-state index contributed by atoms with van der Waals surface area (Å²) in [5, 5.41) is 14.8. The molecular weight excluding hydrogens is 368 g/mol. The van der Waals surface area contributed by atoms with E-state index in [0.717, 1.165) is 5.56 Å². The molecule has 0 spiro atoms. The Labute approximate surface area is 163 Å². The summed E-state index contributed by atoms with van der Waals surface area (Å²) in [4.78, 5) is 27.0. The highest BCUT2D eigenvalue weighted by molar-refractivity contribution is 6.31. The number of anilines is 1. The van der Waals surface area contributed by atoms with E-state index in [2.05, 4.69) is 5.32 Å². The number of benzene rings is 2. The summed E-state index contributed by atoms with van der Waals surface area (Å²) in [6.07, 6.45) is 0. The third-order valence-corrected chi connectivity index (χ3v) is 4.60. The molecular formula is C19H23ClN4O3. The van der Waals surface area contributed by atoms with Gasteiger partial charge in [-0.1, -0.05) is 29.8 Å². The number of rotatable bonds is 7. The second-order valence-corrected chi connectivity index (χ2v) is 6.97. The van der Waals surface area contributed by atoms with Crippen molar-refractivity contribution < 1.29 is 9.72 Å². The predicted molar refractivity (Wildman–Crippen MR) is 108 cm³/mol. The van der Waals surface area contributed by atoms with Crippen LogP contribution in [-0.4, -0.2) is 50.5 Å². The summed E-state index contributed by atoms with van der Waals surface area (Å²) in [7, 11) is 7.23. The van der Waals surface area contributed by atoms with Crippen LogP contribution < -0.4 is 10.2 Å². The van der Waals surface area contributed by atoms with Crippen molar-refractivity contribution in [1.82, 2.24) is 10.2 Å². The second-order valence-electron chi connectivity index (χ2n) is 6.57. The number of nitro benzene ring substituents is 1. The first-order chi connectivity index (χ1) is 12.7. The van der Waals surface area contributed by atoms with Crippen LogP contribution in [-0.2, 0) is 0 Å². The molecule has 1 N–H and O–H groups in total. The molecule has 0 fully saturated rings. The van der Waals surface area contributed by atoms with Gasteiger partial charge in [-0.25, -0.2) is 0 Å².